The third kappa shape index (κ3) is 2.18. The predicted molar refractivity (Wildman–Crippen MR) is 75.1 cm³/mol. The largest absolute Gasteiger partial charge is 0.290 e. The number of allylic oxidation sites excluding steroid dienone is 2. The Kier molecular flexibility index (Phi) is 3.15. The van der Waals surface area contributed by atoms with E-state index >= 15 is 0 Å². The second kappa shape index (κ2) is 4.96. The van der Waals surface area contributed by atoms with E-state index in [1.165, 1.54) is 18.4 Å². The summed E-state index contributed by atoms with van der Waals surface area (Å²) >= 11 is 0. The van der Waals surface area contributed by atoms with Gasteiger partial charge < -0.3 is 0 Å². The second-order valence-corrected chi connectivity index (χ2v) is 5.03. The molecular weight excluding hydrogens is 238 g/mol. The van der Waals surface area contributed by atoms with Crippen LogP contribution < -0.4 is 5.56 Å². The quantitative estimate of drug-likeness (QED) is 0.775. The van der Waals surface area contributed by atoms with E-state index in [0.717, 1.165) is 12.8 Å². The molecule has 0 saturated carbocycles. The van der Waals surface area contributed by atoms with Gasteiger partial charge in [0.2, 0.25) is 0 Å². The number of nitrogens with zero attached hydrogens (tertiary/aromatic N) is 3. The Bertz CT molecular complexity index is 687. The van der Waals surface area contributed by atoms with Gasteiger partial charge in [0.1, 0.15) is 0 Å². The Labute approximate surface area is 111 Å². The summed E-state index contributed by atoms with van der Waals surface area (Å²) in [5, 5.41) is 0. The predicted octanol–water partition coefficient (Wildman–Crippen LogP) is 2.85. The molecule has 0 N–H and O–H groups in total. The van der Waals surface area contributed by atoms with Crippen molar-refractivity contribution in [2.75, 3.05) is 0 Å². The van der Waals surface area contributed by atoms with Gasteiger partial charge in [-0.05, 0) is 44.7 Å². The van der Waals surface area contributed by atoms with E-state index in [9.17, 15) is 4.79 Å². The summed E-state index contributed by atoms with van der Waals surface area (Å²) in [5.41, 5.74) is 2.40. The lowest BCUT2D eigenvalue weighted by atomic mass is 9.94. The van der Waals surface area contributed by atoms with Crippen molar-refractivity contribution in [1.82, 2.24) is 14.5 Å². The van der Waals surface area contributed by atoms with Crippen LogP contribution in [0.2, 0.25) is 0 Å². The van der Waals surface area contributed by atoms with Crippen LogP contribution in [0.5, 0.6) is 0 Å². The maximum Gasteiger partial charge on any atom is 0.280 e. The van der Waals surface area contributed by atoms with Gasteiger partial charge in [-0.3, -0.25) is 9.36 Å². The van der Waals surface area contributed by atoms with Crippen LogP contribution in [0.25, 0.3) is 11.0 Å². The number of hydrogen-bond acceptors (Lipinski definition) is 3. The molecule has 1 atom stereocenters. The molecule has 1 aliphatic rings. The summed E-state index contributed by atoms with van der Waals surface area (Å²) in [6, 6.07) is 3.69. The molecule has 1 aliphatic carbocycles. The topological polar surface area (TPSA) is 47.8 Å². The van der Waals surface area contributed by atoms with E-state index in [-0.39, 0.29) is 11.6 Å². The van der Waals surface area contributed by atoms with Gasteiger partial charge in [-0.1, -0.05) is 11.6 Å². The summed E-state index contributed by atoms with van der Waals surface area (Å²) in [6.45, 7) is 2.06. The van der Waals surface area contributed by atoms with Crippen molar-refractivity contribution in [3.8, 4) is 0 Å². The normalized spacial score (nSPS) is 17.2. The van der Waals surface area contributed by atoms with E-state index in [4.69, 9.17) is 0 Å². The summed E-state index contributed by atoms with van der Waals surface area (Å²) in [6.07, 6.45) is 10.2. The molecule has 0 bridgehead atoms. The third-order valence-corrected chi connectivity index (χ3v) is 3.82. The van der Waals surface area contributed by atoms with Gasteiger partial charge >= 0.3 is 0 Å². The van der Waals surface area contributed by atoms with Gasteiger partial charge in [0, 0.05) is 6.20 Å². The van der Waals surface area contributed by atoms with Gasteiger partial charge in [0.05, 0.1) is 17.9 Å². The highest BCUT2D eigenvalue weighted by Gasteiger charge is 2.16. The minimum Gasteiger partial charge on any atom is -0.290 e. The fourth-order valence-electron chi connectivity index (χ4n) is 2.66. The smallest absolute Gasteiger partial charge is 0.280 e. The lowest BCUT2D eigenvalue weighted by molar-refractivity contribution is 0.544. The number of aromatic nitrogens is 3. The van der Waals surface area contributed by atoms with Crippen molar-refractivity contribution in [3.63, 3.8) is 0 Å². The van der Waals surface area contributed by atoms with Crippen LogP contribution in [-0.4, -0.2) is 14.5 Å². The molecular formula is C15H17N3O. The Morgan fingerprint density at radius 1 is 1.32 bits per heavy atom. The van der Waals surface area contributed by atoms with Gasteiger partial charge in [0.15, 0.2) is 5.52 Å². The van der Waals surface area contributed by atoms with E-state index in [0.29, 0.717) is 11.0 Å². The first-order valence-electron chi connectivity index (χ1n) is 6.78. The Balaban J connectivity index is 2.08. The van der Waals surface area contributed by atoms with Crippen molar-refractivity contribution >= 4 is 11.0 Å². The minimum absolute atomic E-state index is 0.0513. The van der Waals surface area contributed by atoms with Crippen LogP contribution in [-0.2, 0) is 0 Å². The molecule has 2 aromatic heterocycles. The Morgan fingerprint density at radius 3 is 3.00 bits per heavy atom. The average molecular weight is 255 g/mol. The van der Waals surface area contributed by atoms with Crippen molar-refractivity contribution in [3.05, 3.63) is 46.7 Å². The van der Waals surface area contributed by atoms with E-state index in [1.54, 1.807) is 23.2 Å². The molecule has 0 spiro atoms. The van der Waals surface area contributed by atoms with Gasteiger partial charge in [-0.2, -0.15) is 0 Å². The second-order valence-electron chi connectivity index (χ2n) is 5.03. The van der Waals surface area contributed by atoms with Gasteiger partial charge in [0.25, 0.3) is 5.56 Å². The molecule has 98 valence electrons. The van der Waals surface area contributed by atoms with Crippen LogP contribution >= 0.6 is 0 Å². The summed E-state index contributed by atoms with van der Waals surface area (Å²) in [5.74, 6) is 0. The van der Waals surface area contributed by atoms with Crippen molar-refractivity contribution in [2.24, 2.45) is 0 Å². The molecule has 2 heterocycles. The fraction of sp³-hybridized carbons (Fsp3) is 0.400. The first kappa shape index (κ1) is 12.1. The molecule has 0 aromatic carbocycles. The zero-order valence-electron chi connectivity index (χ0n) is 11.0. The molecule has 19 heavy (non-hydrogen) atoms. The van der Waals surface area contributed by atoms with Crippen LogP contribution in [0, 0.1) is 0 Å². The highest BCUT2D eigenvalue weighted by molar-refractivity contribution is 5.71. The number of fused-ring (bicyclic) bond motifs is 1. The molecule has 3 rings (SSSR count). The molecule has 4 nitrogen and oxygen atoms in total. The number of rotatable bonds is 2. The molecule has 2 aromatic rings. The molecule has 0 saturated heterocycles. The minimum atomic E-state index is -0.0513. The molecule has 4 heteroatoms. The summed E-state index contributed by atoms with van der Waals surface area (Å²) < 4.78 is 1.70. The zero-order valence-corrected chi connectivity index (χ0v) is 11.0. The van der Waals surface area contributed by atoms with Crippen molar-refractivity contribution in [1.29, 1.82) is 0 Å². The molecule has 0 radical (unpaired) electrons. The number of hydrogen-bond donors (Lipinski definition) is 0. The van der Waals surface area contributed by atoms with E-state index in [2.05, 4.69) is 23.0 Å². The zero-order chi connectivity index (χ0) is 13.2. The first-order valence-corrected chi connectivity index (χ1v) is 6.78. The summed E-state index contributed by atoms with van der Waals surface area (Å²) in [7, 11) is 0. The average Bonchev–Trinajstić information content (AvgIpc) is 2.48. The van der Waals surface area contributed by atoms with Crippen LogP contribution in [0.1, 0.15) is 38.6 Å². The SMILES string of the molecule is C[C@@H](C1=CCCCC1)n1cnc2cccnc2c1=O. The lowest BCUT2D eigenvalue weighted by Crippen LogP contribution is -2.25. The highest BCUT2D eigenvalue weighted by Crippen LogP contribution is 2.26. The van der Waals surface area contributed by atoms with Crippen molar-refractivity contribution in [2.45, 2.75) is 38.6 Å². The highest BCUT2D eigenvalue weighted by atomic mass is 16.1. The van der Waals surface area contributed by atoms with Crippen molar-refractivity contribution < 1.29 is 0 Å². The molecule has 0 aliphatic heterocycles. The first-order chi connectivity index (χ1) is 9.27. The molecule has 0 unspecified atom stereocenters. The third-order valence-electron chi connectivity index (χ3n) is 3.82. The van der Waals surface area contributed by atoms with E-state index in [1.807, 2.05) is 6.07 Å². The van der Waals surface area contributed by atoms with E-state index < -0.39 is 0 Å². The van der Waals surface area contributed by atoms with Crippen LogP contribution in [0.3, 0.4) is 0 Å². The van der Waals surface area contributed by atoms with Gasteiger partial charge in [-0.15, -0.1) is 0 Å². The lowest BCUT2D eigenvalue weighted by Gasteiger charge is -2.21. The monoisotopic (exact) mass is 255 g/mol. The molecule has 0 amide bonds. The maximum atomic E-state index is 12.4. The maximum absolute atomic E-state index is 12.4. The standard InChI is InChI=1S/C15H17N3O/c1-11(12-6-3-2-4-7-12)18-10-17-13-8-5-9-16-14(13)15(18)19/h5-6,8-11H,2-4,7H2,1H3/t11-/m0/s1. The fourth-order valence-corrected chi connectivity index (χ4v) is 2.66. The molecule has 0 fully saturated rings. The van der Waals surface area contributed by atoms with Crippen LogP contribution in [0.15, 0.2) is 41.1 Å². The Morgan fingerprint density at radius 2 is 2.21 bits per heavy atom. The van der Waals surface area contributed by atoms with Crippen LogP contribution in [0.4, 0.5) is 0 Å². The Hall–Kier alpha value is -1.97. The van der Waals surface area contributed by atoms with Gasteiger partial charge in [-0.25, -0.2) is 9.97 Å². The number of pyridine rings is 1. The summed E-state index contributed by atoms with van der Waals surface area (Å²) in [4.78, 5) is 20.9.